The molecule has 1 nitrogen and oxygen atoms in total. The normalized spacial score (nSPS) is 6.86. The molecule has 0 fully saturated rings. The predicted octanol–water partition coefficient (Wildman–Crippen LogP) is 0.343. The standard InChI is InChI=1S/C4H7O.Al.H3P.H/c1-2-3-4-5;;;/h4H,1-3H2;;1H3;. The summed E-state index contributed by atoms with van der Waals surface area (Å²) in [6.45, 7) is 0. The van der Waals surface area contributed by atoms with Gasteiger partial charge in [-0.2, -0.15) is 9.90 Å². The molecule has 0 rings (SSSR count). The lowest BCUT2D eigenvalue weighted by molar-refractivity contribution is -0.107. The fourth-order valence-electron chi connectivity index (χ4n) is 0.228. The van der Waals surface area contributed by atoms with Gasteiger partial charge in [0.1, 0.15) is 6.29 Å². The minimum atomic E-state index is 0. The Morgan fingerprint density at radius 3 is 2.29 bits per heavy atom. The zero-order valence-electron chi connectivity index (χ0n) is 4.52. The third-order valence-corrected chi connectivity index (χ3v) is 1.07. The van der Waals surface area contributed by atoms with Crippen LogP contribution >= 0.6 is 9.90 Å². The zero-order valence-corrected chi connectivity index (χ0v) is 7.35. The molecule has 0 N–H and O–H groups in total. The van der Waals surface area contributed by atoms with Crippen molar-refractivity contribution in [2.75, 3.05) is 0 Å². The van der Waals surface area contributed by atoms with Crippen molar-refractivity contribution < 1.29 is 4.79 Å². The van der Waals surface area contributed by atoms with Gasteiger partial charge in [-0.1, -0.05) is 6.42 Å². The minimum Gasteiger partial charge on any atom is -0.303 e. The Morgan fingerprint density at radius 2 is 2.14 bits per heavy atom. The summed E-state index contributed by atoms with van der Waals surface area (Å²) >= 11 is 1.91. The van der Waals surface area contributed by atoms with Crippen molar-refractivity contribution in [3.8, 4) is 0 Å². The molecule has 1 radical (unpaired) electrons. The fraction of sp³-hybridized carbons (Fsp3) is 0.750. The maximum Gasteiger partial charge on any atom is 0.173 e. The SMILES string of the molecule is O=CCC[CH2][AlH].P. The summed E-state index contributed by atoms with van der Waals surface area (Å²) in [7, 11) is 0. The van der Waals surface area contributed by atoms with Crippen LogP contribution < -0.4 is 0 Å². The van der Waals surface area contributed by atoms with Crippen molar-refractivity contribution in [3.63, 3.8) is 0 Å². The highest BCUT2D eigenvalue weighted by atomic mass is 31.0. The largest absolute Gasteiger partial charge is 0.303 e. The summed E-state index contributed by atoms with van der Waals surface area (Å²) in [6.07, 6.45) is 2.76. The third-order valence-electron chi connectivity index (χ3n) is 0.572. The molecule has 0 aliphatic heterocycles. The zero-order chi connectivity index (χ0) is 4.83. The van der Waals surface area contributed by atoms with Gasteiger partial charge in [-0.25, -0.2) is 0 Å². The van der Waals surface area contributed by atoms with Crippen LogP contribution in [-0.2, 0) is 4.79 Å². The first-order valence-electron chi connectivity index (χ1n) is 2.14. The van der Waals surface area contributed by atoms with Crippen LogP contribution in [0.3, 0.4) is 0 Å². The highest BCUT2D eigenvalue weighted by molar-refractivity contribution is 6.92. The molecule has 0 aliphatic rings. The second-order valence-electron chi connectivity index (χ2n) is 1.16. The molecule has 1 atom stereocenters. The van der Waals surface area contributed by atoms with Crippen LogP contribution in [0.4, 0.5) is 0 Å². The van der Waals surface area contributed by atoms with Crippen LogP contribution in [-0.4, -0.2) is 22.6 Å². The van der Waals surface area contributed by atoms with Gasteiger partial charge >= 0.3 is 0 Å². The lowest BCUT2D eigenvalue weighted by atomic mass is 10.4. The average molecular weight is 133 g/mol. The summed E-state index contributed by atoms with van der Waals surface area (Å²) in [5.74, 6) is 0. The lowest BCUT2D eigenvalue weighted by Crippen LogP contribution is -1.72. The maximum absolute atomic E-state index is 9.57. The van der Waals surface area contributed by atoms with Gasteiger partial charge in [-0.15, -0.1) is 5.28 Å². The Bertz CT molecular complexity index is 40.7. The predicted molar refractivity (Wildman–Crippen MR) is 38.4 cm³/mol. The smallest absolute Gasteiger partial charge is 0.173 e. The number of hydrogen-bond acceptors (Lipinski definition) is 1. The van der Waals surface area contributed by atoms with Gasteiger partial charge in [0.05, 0.1) is 0 Å². The molecule has 0 aromatic rings. The van der Waals surface area contributed by atoms with E-state index in [0.717, 1.165) is 24.4 Å². The van der Waals surface area contributed by atoms with Crippen LogP contribution in [0, 0.1) is 0 Å². The summed E-state index contributed by atoms with van der Waals surface area (Å²) in [4.78, 5) is 9.57. The molecule has 0 aromatic heterocycles. The molecule has 0 aromatic carbocycles. The molecule has 1 unspecified atom stereocenters. The summed E-state index contributed by atoms with van der Waals surface area (Å²) in [6, 6.07) is 0. The molecular weight excluding hydrogens is 122 g/mol. The van der Waals surface area contributed by atoms with E-state index in [1.54, 1.807) is 0 Å². The lowest BCUT2D eigenvalue weighted by Gasteiger charge is -1.79. The summed E-state index contributed by atoms with van der Waals surface area (Å²) in [5, 5.41) is 1.15. The highest BCUT2D eigenvalue weighted by Gasteiger charge is 1.75. The molecule has 0 spiro atoms. The Kier molecular flexibility index (Phi) is 14.8. The van der Waals surface area contributed by atoms with Crippen molar-refractivity contribution in [2.24, 2.45) is 0 Å². The van der Waals surface area contributed by atoms with Gasteiger partial charge in [0.15, 0.2) is 16.3 Å². The van der Waals surface area contributed by atoms with Crippen LogP contribution in [0.25, 0.3) is 0 Å². The number of carbonyl (C=O) groups is 1. The summed E-state index contributed by atoms with van der Waals surface area (Å²) < 4.78 is 0. The van der Waals surface area contributed by atoms with E-state index in [4.69, 9.17) is 0 Å². The van der Waals surface area contributed by atoms with E-state index in [1.165, 1.54) is 0 Å². The highest BCUT2D eigenvalue weighted by Crippen LogP contribution is 1.85. The Labute approximate surface area is 55.9 Å². The van der Waals surface area contributed by atoms with Crippen LogP contribution in [0.15, 0.2) is 0 Å². The maximum atomic E-state index is 9.57. The van der Waals surface area contributed by atoms with Gasteiger partial charge in [-0.3, -0.25) is 0 Å². The second kappa shape index (κ2) is 9.81. The number of rotatable bonds is 3. The molecule has 0 amide bonds. The Hall–Kier alpha value is 0.632. The van der Waals surface area contributed by atoms with Crippen molar-refractivity contribution >= 4 is 32.5 Å². The monoisotopic (exact) mass is 133 g/mol. The molecule has 0 bridgehead atoms. The first-order valence-corrected chi connectivity index (χ1v) is 3.14. The van der Waals surface area contributed by atoms with Crippen LogP contribution in [0.1, 0.15) is 12.8 Å². The molecule has 0 saturated heterocycles. The number of carbonyl (C=O) groups excluding carboxylic acids is 1. The quantitative estimate of drug-likeness (QED) is 0.235. The Balaban J connectivity index is 0. The van der Waals surface area contributed by atoms with Gasteiger partial charge in [0, 0.05) is 6.42 Å². The van der Waals surface area contributed by atoms with Gasteiger partial charge in [0.2, 0.25) is 0 Å². The van der Waals surface area contributed by atoms with E-state index in [9.17, 15) is 4.79 Å². The van der Waals surface area contributed by atoms with E-state index in [2.05, 4.69) is 0 Å². The second-order valence-corrected chi connectivity index (χ2v) is 1.87. The van der Waals surface area contributed by atoms with E-state index >= 15 is 0 Å². The van der Waals surface area contributed by atoms with Crippen molar-refractivity contribution in [3.05, 3.63) is 0 Å². The number of aldehydes is 1. The topological polar surface area (TPSA) is 17.1 Å². The van der Waals surface area contributed by atoms with E-state index in [-0.39, 0.29) is 9.90 Å². The molecule has 0 heterocycles. The van der Waals surface area contributed by atoms with Crippen molar-refractivity contribution in [1.29, 1.82) is 0 Å². The van der Waals surface area contributed by atoms with Crippen LogP contribution in [0.5, 0.6) is 0 Å². The first kappa shape index (κ1) is 10.6. The third kappa shape index (κ3) is 10.8. The van der Waals surface area contributed by atoms with Crippen molar-refractivity contribution in [2.45, 2.75) is 18.1 Å². The van der Waals surface area contributed by atoms with E-state index in [1.807, 2.05) is 16.3 Å². The number of unbranched alkanes of at least 4 members (excludes halogenated alkanes) is 1. The molecular formula is C4H11AlOP. The van der Waals surface area contributed by atoms with Gasteiger partial charge in [-0.05, 0) is 0 Å². The van der Waals surface area contributed by atoms with Crippen molar-refractivity contribution in [1.82, 2.24) is 0 Å². The molecule has 0 saturated carbocycles. The Morgan fingerprint density at radius 1 is 1.57 bits per heavy atom. The van der Waals surface area contributed by atoms with Crippen LogP contribution in [0.2, 0.25) is 5.28 Å². The summed E-state index contributed by atoms with van der Waals surface area (Å²) in [5.41, 5.74) is 0. The van der Waals surface area contributed by atoms with Gasteiger partial charge in [0.25, 0.3) is 0 Å². The van der Waals surface area contributed by atoms with E-state index in [0.29, 0.717) is 0 Å². The number of hydrogen-bond donors (Lipinski definition) is 0. The molecule has 3 heteroatoms. The first-order chi connectivity index (χ1) is 2.91. The minimum absolute atomic E-state index is 0. The average Bonchev–Trinajstić information content (AvgIpc) is 1.61. The molecule has 41 valence electrons. The molecule has 0 aliphatic carbocycles. The fourth-order valence-corrected chi connectivity index (χ4v) is 0.516. The van der Waals surface area contributed by atoms with Gasteiger partial charge < -0.3 is 4.79 Å². The molecule has 7 heavy (non-hydrogen) atoms. The van der Waals surface area contributed by atoms with E-state index < -0.39 is 0 Å².